The van der Waals surface area contributed by atoms with Crippen LogP contribution in [0.5, 0.6) is 0 Å². The third-order valence-electron chi connectivity index (χ3n) is 6.15. The first-order valence-electron chi connectivity index (χ1n) is 14.1. The van der Waals surface area contributed by atoms with E-state index in [1.807, 2.05) is 44.2 Å². The molecule has 1 rings (SSSR count). The number of alkyl carbamates (subject to hydrolysis) is 1. The number of esters is 1. The maximum absolute atomic E-state index is 13.4. The lowest BCUT2D eigenvalue weighted by molar-refractivity contribution is -0.147. The second-order valence-electron chi connectivity index (χ2n) is 10.9. The SMILES string of the molecule is C=CCOC(=O)N[C@@H](C)C(=O)N[C@H](C(=O)N[C@H](C(=O)N[C@@H](Cc1ccccc1)C(=O)OCC=C(C)C)C(C)C)C(C)C. The van der Waals surface area contributed by atoms with Gasteiger partial charge in [-0.25, -0.2) is 9.59 Å². The highest BCUT2D eigenvalue weighted by molar-refractivity contribution is 5.95. The highest BCUT2D eigenvalue weighted by Crippen LogP contribution is 2.10. The Bertz CT molecular complexity index is 1100. The molecule has 1 aromatic rings. The first kappa shape index (κ1) is 35.9. The van der Waals surface area contributed by atoms with Gasteiger partial charge in [0.05, 0.1) is 0 Å². The maximum atomic E-state index is 13.4. The van der Waals surface area contributed by atoms with Gasteiger partial charge in [-0.05, 0) is 44.2 Å². The molecule has 0 aliphatic heterocycles. The van der Waals surface area contributed by atoms with E-state index in [0.717, 1.165) is 11.1 Å². The van der Waals surface area contributed by atoms with Crippen molar-refractivity contribution in [1.82, 2.24) is 21.3 Å². The largest absolute Gasteiger partial charge is 0.460 e. The predicted octanol–water partition coefficient (Wildman–Crippen LogP) is 2.81. The molecule has 0 fully saturated rings. The highest BCUT2D eigenvalue weighted by atomic mass is 16.5. The Labute approximate surface area is 248 Å². The topological polar surface area (TPSA) is 152 Å². The fraction of sp³-hybridized carbons (Fsp3) is 0.516. The van der Waals surface area contributed by atoms with Crippen molar-refractivity contribution >= 4 is 29.8 Å². The lowest BCUT2D eigenvalue weighted by Crippen LogP contribution is -2.60. The molecule has 0 aliphatic carbocycles. The molecule has 42 heavy (non-hydrogen) atoms. The standard InChI is InChI=1S/C31H46N4O7/c1-9-16-42-31(40)32-22(8)27(36)34-26(21(6)7)29(38)35-25(20(4)5)28(37)33-24(18-23-13-11-10-12-14-23)30(39)41-17-15-19(2)3/h9-15,20-22,24-26H,1,16-18H2,2-8H3,(H,32,40)(H,33,37)(H,34,36)(H,35,38)/t22-,24-,25-,26-/m0/s1. The van der Waals surface area contributed by atoms with Crippen molar-refractivity contribution in [3.8, 4) is 0 Å². The van der Waals surface area contributed by atoms with Gasteiger partial charge in [-0.2, -0.15) is 0 Å². The molecular formula is C31H46N4O7. The fourth-order valence-corrected chi connectivity index (χ4v) is 3.71. The molecule has 0 heterocycles. The Hall–Kier alpha value is -4.15. The molecule has 1 aromatic carbocycles. The summed E-state index contributed by atoms with van der Waals surface area (Å²) in [6, 6.07) is 5.21. The molecule has 0 saturated heterocycles. The summed E-state index contributed by atoms with van der Waals surface area (Å²) in [7, 11) is 0. The molecule has 0 radical (unpaired) electrons. The summed E-state index contributed by atoms with van der Waals surface area (Å²) in [6.45, 7) is 15.7. The van der Waals surface area contributed by atoms with Gasteiger partial charge in [-0.3, -0.25) is 14.4 Å². The van der Waals surface area contributed by atoms with Gasteiger partial charge < -0.3 is 30.7 Å². The zero-order chi connectivity index (χ0) is 31.8. The van der Waals surface area contributed by atoms with E-state index in [-0.39, 0.29) is 31.5 Å². The van der Waals surface area contributed by atoms with Crippen LogP contribution in [0.4, 0.5) is 4.79 Å². The van der Waals surface area contributed by atoms with Crippen molar-refractivity contribution in [2.45, 2.75) is 79.1 Å². The summed E-state index contributed by atoms with van der Waals surface area (Å²) in [5, 5.41) is 10.5. The maximum Gasteiger partial charge on any atom is 0.408 e. The number of carbonyl (C=O) groups excluding carboxylic acids is 5. The number of rotatable bonds is 16. The minimum atomic E-state index is -1.01. The van der Waals surface area contributed by atoms with Gasteiger partial charge in [0, 0.05) is 6.42 Å². The summed E-state index contributed by atoms with van der Waals surface area (Å²) in [4.78, 5) is 64.2. The van der Waals surface area contributed by atoms with Crippen LogP contribution >= 0.6 is 0 Å². The van der Waals surface area contributed by atoms with Crippen molar-refractivity contribution in [2.24, 2.45) is 11.8 Å². The summed E-state index contributed by atoms with van der Waals surface area (Å²) in [5.41, 5.74) is 1.81. The summed E-state index contributed by atoms with van der Waals surface area (Å²) in [5.74, 6) is -3.05. The van der Waals surface area contributed by atoms with Gasteiger partial charge in [0.1, 0.15) is 37.4 Å². The molecule has 0 spiro atoms. The van der Waals surface area contributed by atoms with Crippen LogP contribution in [0.25, 0.3) is 0 Å². The quantitative estimate of drug-likeness (QED) is 0.172. The van der Waals surface area contributed by atoms with Gasteiger partial charge in [-0.15, -0.1) is 0 Å². The van der Waals surface area contributed by atoms with Gasteiger partial charge >= 0.3 is 12.1 Å². The first-order valence-corrected chi connectivity index (χ1v) is 14.1. The van der Waals surface area contributed by atoms with E-state index < -0.39 is 54.0 Å². The van der Waals surface area contributed by atoms with Crippen LogP contribution in [-0.4, -0.2) is 67.2 Å². The van der Waals surface area contributed by atoms with Gasteiger partial charge in [0.25, 0.3) is 0 Å². The monoisotopic (exact) mass is 586 g/mol. The molecule has 232 valence electrons. The van der Waals surface area contributed by atoms with Crippen LogP contribution in [0, 0.1) is 11.8 Å². The number of ether oxygens (including phenoxy) is 2. The number of nitrogens with one attached hydrogen (secondary N) is 4. The van der Waals surface area contributed by atoms with Crippen LogP contribution in [0.2, 0.25) is 0 Å². The Kier molecular flexibility index (Phi) is 15.6. The Morgan fingerprint density at radius 1 is 0.762 bits per heavy atom. The fourth-order valence-electron chi connectivity index (χ4n) is 3.71. The molecule has 0 bridgehead atoms. The van der Waals surface area contributed by atoms with Crippen molar-refractivity contribution < 1.29 is 33.4 Å². The van der Waals surface area contributed by atoms with E-state index in [9.17, 15) is 24.0 Å². The van der Waals surface area contributed by atoms with Crippen molar-refractivity contribution in [3.63, 3.8) is 0 Å². The lowest BCUT2D eigenvalue weighted by atomic mass is 9.98. The molecule has 0 aromatic heterocycles. The average Bonchev–Trinajstić information content (AvgIpc) is 2.92. The smallest absolute Gasteiger partial charge is 0.408 e. The molecule has 4 amide bonds. The average molecular weight is 587 g/mol. The second-order valence-corrected chi connectivity index (χ2v) is 10.9. The summed E-state index contributed by atoms with van der Waals surface area (Å²) < 4.78 is 10.2. The number of allylic oxidation sites excluding steroid dienone is 1. The predicted molar refractivity (Wildman–Crippen MR) is 160 cm³/mol. The molecule has 0 saturated carbocycles. The minimum Gasteiger partial charge on any atom is -0.460 e. The number of hydrogen-bond acceptors (Lipinski definition) is 7. The first-order chi connectivity index (χ1) is 19.8. The van der Waals surface area contributed by atoms with Crippen molar-refractivity contribution in [1.29, 1.82) is 0 Å². The van der Waals surface area contributed by atoms with E-state index in [2.05, 4.69) is 27.8 Å². The van der Waals surface area contributed by atoms with Crippen LogP contribution in [-0.2, 0) is 35.1 Å². The van der Waals surface area contributed by atoms with Gasteiger partial charge in [0.15, 0.2) is 0 Å². The molecule has 4 N–H and O–H groups in total. The molecule has 4 atom stereocenters. The van der Waals surface area contributed by atoms with E-state index in [1.165, 1.54) is 13.0 Å². The molecule has 0 unspecified atom stereocenters. The Morgan fingerprint density at radius 3 is 1.83 bits per heavy atom. The normalized spacial score (nSPS) is 13.5. The van der Waals surface area contributed by atoms with E-state index in [0.29, 0.717) is 0 Å². The van der Waals surface area contributed by atoms with E-state index >= 15 is 0 Å². The van der Waals surface area contributed by atoms with Crippen molar-refractivity contribution in [3.05, 3.63) is 60.2 Å². The third-order valence-corrected chi connectivity index (χ3v) is 6.15. The summed E-state index contributed by atoms with van der Waals surface area (Å²) in [6.07, 6.45) is 2.55. The van der Waals surface area contributed by atoms with Crippen LogP contribution in [0.3, 0.4) is 0 Å². The van der Waals surface area contributed by atoms with E-state index in [1.54, 1.807) is 33.8 Å². The van der Waals surface area contributed by atoms with E-state index in [4.69, 9.17) is 9.47 Å². The highest BCUT2D eigenvalue weighted by Gasteiger charge is 2.33. The molecule has 11 nitrogen and oxygen atoms in total. The van der Waals surface area contributed by atoms with Crippen LogP contribution < -0.4 is 21.3 Å². The zero-order valence-corrected chi connectivity index (χ0v) is 25.7. The van der Waals surface area contributed by atoms with Gasteiger partial charge in [0.2, 0.25) is 17.7 Å². The third kappa shape index (κ3) is 13.0. The number of carbonyl (C=O) groups is 5. The molecule has 0 aliphatic rings. The van der Waals surface area contributed by atoms with Crippen molar-refractivity contribution in [2.75, 3.05) is 13.2 Å². The zero-order valence-electron chi connectivity index (χ0n) is 25.7. The molecular weight excluding hydrogens is 540 g/mol. The van der Waals surface area contributed by atoms with Gasteiger partial charge in [-0.1, -0.05) is 76.3 Å². The summed E-state index contributed by atoms with van der Waals surface area (Å²) >= 11 is 0. The number of benzene rings is 1. The molecule has 11 heteroatoms. The second kappa shape index (κ2) is 18.3. The minimum absolute atomic E-state index is 0.0186. The number of hydrogen-bond donors (Lipinski definition) is 4. The van der Waals surface area contributed by atoms with Crippen LogP contribution in [0.1, 0.15) is 54.0 Å². The number of amides is 4. The Balaban J connectivity index is 3.02. The Morgan fingerprint density at radius 2 is 1.31 bits per heavy atom. The van der Waals surface area contributed by atoms with Crippen LogP contribution in [0.15, 0.2) is 54.6 Å². The lowest BCUT2D eigenvalue weighted by Gasteiger charge is -2.29.